The number of nitrogens with zero attached hydrogens (tertiary/aromatic N) is 5. The lowest BCUT2D eigenvalue weighted by Gasteiger charge is -2.44. The topological polar surface area (TPSA) is 122 Å². The minimum absolute atomic E-state index is 0.0652. The van der Waals surface area contributed by atoms with Gasteiger partial charge < -0.3 is 25.0 Å². The second-order valence-corrected chi connectivity index (χ2v) is 14.2. The Bertz CT molecular complexity index is 1520. The number of morpholine rings is 1. The highest BCUT2D eigenvalue weighted by Gasteiger charge is 2.31. The van der Waals surface area contributed by atoms with E-state index in [1.54, 1.807) is 33.1 Å². The number of ether oxygens (including phenoxy) is 2. The molecule has 13 heteroatoms. The van der Waals surface area contributed by atoms with E-state index in [-0.39, 0.29) is 39.7 Å². The molecule has 5 rings (SSSR count). The summed E-state index contributed by atoms with van der Waals surface area (Å²) in [4.78, 5) is 17.9. The predicted octanol–water partition coefficient (Wildman–Crippen LogP) is 5.28. The number of piperidine rings is 1. The van der Waals surface area contributed by atoms with Crippen molar-refractivity contribution in [3.63, 3.8) is 0 Å². The molecule has 2 aliphatic heterocycles. The molecule has 0 amide bonds. The molecular formula is C30H40ClN7O4S. The lowest BCUT2D eigenvalue weighted by atomic mass is 10.0. The van der Waals surface area contributed by atoms with Crippen LogP contribution < -0.4 is 20.3 Å². The van der Waals surface area contributed by atoms with E-state index in [4.69, 9.17) is 21.1 Å². The summed E-state index contributed by atoms with van der Waals surface area (Å²) in [6, 6.07) is 9.89. The number of hydrogen-bond donors (Lipinski definition) is 2. The fourth-order valence-corrected chi connectivity index (χ4v) is 6.90. The summed E-state index contributed by atoms with van der Waals surface area (Å²) in [6.07, 6.45) is 5.65. The van der Waals surface area contributed by atoms with Crippen LogP contribution in [0.2, 0.25) is 5.02 Å². The van der Waals surface area contributed by atoms with Crippen LogP contribution >= 0.6 is 11.6 Å². The van der Waals surface area contributed by atoms with Gasteiger partial charge in [0.05, 0.1) is 42.1 Å². The van der Waals surface area contributed by atoms with E-state index < -0.39 is 15.1 Å². The summed E-state index contributed by atoms with van der Waals surface area (Å²) < 4.78 is 37.4. The van der Waals surface area contributed by atoms with E-state index in [0.29, 0.717) is 17.5 Å². The standard InChI is InChI=1S/C30H40ClN7O4S/c1-19(2)43(39,40)29-26(7-6-12-32-29)34-28-24(31)16-33-30(36-28)35-25-9-8-23(15-27(25)41-5)37-13-10-22(11-14-37)38-17-20(3)42-21(4)18-38/h6-9,12,15-16,19-22H,10-11,13-14,17-18H2,1-5H3,(H2,33,34,35,36). The number of benzene rings is 1. The Morgan fingerprint density at radius 2 is 1.77 bits per heavy atom. The fourth-order valence-electron chi connectivity index (χ4n) is 5.68. The molecule has 2 N–H and O–H groups in total. The third-order valence-corrected chi connectivity index (χ3v) is 10.3. The molecule has 0 saturated carbocycles. The average Bonchev–Trinajstić information content (AvgIpc) is 2.99. The van der Waals surface area contributed by atoms with Crippen LogP contribution in [0, 0.1) is 0 Å². The minimum atomic E-state index is -3.64. The Labute approximate surface area is 258 Å². The number of pyridine rings is 1. The van der Waals surface area contributed by atoms with Crippen molar-refractivity contribution in [3.8, 4) is 5.75 Å². The zero-order chi connectivity index (χ0) is 30.7. The number of aromatic nitrogens is 3. The van der Waals surface area contributed by atoms with Crippen LogP contribution in [-0.4, -0.2) is 85.1 Å². The van der Waals surface area contributed by atoms with Crippen molar-refractivity contribution in [2.24, 2.45) is 0 Å². The fraction of sp³-hybridized carbons (Fsp3) is 0.500. The summed E-state index contributed by atoms with van der Waals surface area (Å²) in [5.74, 6) is 1.17. The van der Waals surface area contributed by atoms with Gasteiger partial charge in [-0.3, -0.25) is 4.90 Å². The van der Waals surface area contributed by atoms with Crippen LogP contribution in [0.25, 0.3) is 0 Å². The van der Waals surface area contributed by atoms with E-state index in [1.807, 2.05) is 12.1 Å². The molecule has 4 heterocycles. The maximum Gasteiger partial charge on any atom is 0.229 e. The van der Waals surface area contributed by atoms with E-state index >= 15 is 0 Å². The zero-order valence-electron chi connectivity index (χ0n) is 25.2. The largest absolute Gasteiger partial charge is 0.494 e. The van der Waals surface area contributed by atoms with Crippen LogP contribution in [0.1, 0.15) is 40.5 Å². The smallest absolute Gasteiger partial charge is 0.229 e. The monoisotopic (exact) mass is 629 g/mol. The lowest BCUT2D eigenvalue weighted by molar-refractivity contribution is -0.0826. The Kier molecular flexibility index (Phi) is 9.60. The van der Waals surface area contributed by atoms with Crippen molar-refractivity contribution in [2.75, 3.05) is 48.8 Å². The SMILES string of the molecule is COc1cc(N2CCC(N3CC(C)OC(C)C3)CC2)ccc1Nc1ncc(Cl)c(Nc2cccnc2S(=O)(=O)C(C)C)n1. The third-order valence-electron chi connectivity index (χ3n) is 7.88. The Morgan fingerprint density at radius 3 is 2.44 bits per heavy atom. The third kappa shape index (κ3) is 7.14. The molecule has 3 aromatic rings. The molecule has 2 atom stereocenters. The van der Waals surface area contributed by atoms with Gasteiger partial charge in [0.25, 0.3) is 0 Å². The van der Waals surface area contributed by atoms with Crippen LogP contribution in [0.5, 0.6) is 5.75 Å². The number of hydrogen-bond acceptors (Lipinski definition) is 11. The van der Waals surface area contributed by atoms with Gasteiger partial charge in [0, 0.05) is 50.2 Å². The van der Waals surface area contributed by atoms with Crippen molar-refractivity contribution in [2.45, 2.75) is 69.1 Å². The molecule has 0 aliphatic carbocycles. The maximum absolute atomic E-state index is 12.9. The molecule has 2 aromatic heterocycles. The van der Waals surface area contributed by atoms with Crippen LogP contribution in [0.3, 0.4) is 0 Å². The van der Waals surface area contributed by atoms with E-state index in [0.717, 1.165) is 44.7 Å². The van der Waals surface area contributed by atoms with Crippen molar-refractivity contribution in [1.29, 1.82) is 0 Å². The van der Waals surface area contributed by atoms with Gasteiger partial charge in [-0.25, -0.2) is 18.4 Å². The maximum atomic E-state index is 12.9. The normalized spacial score (nSPS) is 20.3. The molecule has 11 nitrogen and oxygen atoms in total. The summed E-state index contributed by atoms with van der Waals surface area (Å²) in [6.45, 7) is 11.5. The van der Waals surface area contributed by atoms with Gasteiger partial charge in [0.2, 0.25) is 5.95 Å². The molecule has 0 radical (unpaired) electrons. The van der Waals surface area contributed by atoms with Gasteiger partial charge >= 0.3 is 0 Å². The number of anilines is 5. The Morgan fingerprint density at radius 1 is 1.05 bits per heavy atom. The van der Waals surface area contributed by atoms with Crippen LogP contribution in [-0.2, 0) is 14.6 Å². The summed E-state index contributed by atoms with van der Waals surface area (Å²) in [7, 11) is -2.01. The first kappa shape index (κ1) is 31.2. The molecule has 2 unspecified atom stereocenters. The number of halogens is 1. The Hall–Kier alpha value is -3.19. The van der Waals surface area contributed by atoms with Crippen molar-refractivity contribution in [1.82, 2.24) is 19.9 Å². The van der Waals surface area contributed by atoms with E-state index in [9.17, 15) is 8.42 Å². The van der Waals surface area contributed by atoms with Gasteiger partial charge in [0.15, 0.2) is 20.7 Å². The van der Waals surface area contributed by atoms with Crippen LogP contribution in [0.15, 0.2) is 47.8 Å². The highest BCUT2D eigenvalue weighted by molar-refractivity contribution is 7.92. The van der Waals surface area contributed by atoms with Gasteiger partial charge in [-0.05, 0) is 64.8 Å². The molecule has 2 fully saturated rings. The summed E-state index contributed by atoms with van der Waals surface area (Å²) in [5.41, 5.74) is 2.07. The van der Waals surface area contributed by atoms with Gasteiger partial charge in [-0.1, -0.05) is 11.6 Å². The highest BCUT2D eigenvalue weighted by Crippen LogP contribution is 2.34. The average molecular weight is 630 g/mol. The quantitative estimate of drug-likeness (QED) is 0.321. The second-order valence-electron chi connectivity index (χ2n) is 11.4. The molecular weight excluding hydrogens is 590 g/mol. The second kappa shape index (κ2) is 13.2. The highest BCUT2D eigenvalue weighted by atomic mass is 35.5. The number of nitrogens with one attached hydrogen (secondary N) is 2. The predicted molar refractivity (Wildman–Crippen MR) is 170 cm³/mol. The van der Waals surface area contributed by atoms with Crippen LogP contribution in [0.4, 0.5) is 28.8 Å². The molecule has 1 aromatic carbocycles. The molecule has 43 heavy (non-hydrogen) atoms. The first-order valence-electron chi connectivity index (χ1n) is 14.6. The summed E-state index contributed by atoms with van der Waals surface area (Å²) >= 11 is 6.39. The van der Waals surface area contributed by atoms with Crippen molar-refractivity contribution < 1.29 is 17.9 Å². The minimum Gasteiger partial charge on any atom is -0.494 e. The van der Waals surface area contributed by atoms with Crippen molar-refractivity contribution in [3.05, 3.63) is 47.7 Å². The lowest BCUT2D eigenvalue weighted by Crippen LogP contribution is -2.53. The van der Waals surface area contributed by atoms with Gasteiger partial charge in [-0.15, -0.1) is 0 Å². The molecule has 0 spiro atoms. The molecule has 2 saturated heterocycles. The molecule has 232 valence electrons. The zero-order valence-corrected chi connectivity index (χ0v) is 26.8. The number of sulfone groups is 1. The number of rotatable bonds is 9. The Balaban J connectivity index is 1.28. The molecule has 0 bridgehead atoms. The number of methoxy groups -OCH3 is 1. The van der Waals surface area contributed by atoms with E-state index in [2.05, 4.69) is 55.3 Å². The first-order valence-corrected chi connectivity index (χ1v) is 16.6. The molecule has 2 aliphatic rings. The van der Waals surface area contributed by atoms with E-state index in [1.165, 1.54) is 12.4 Å². The van der Waals surface area contributed by atoms with Crippen molar-refractivity contribution >= 4 is 50.3 Å². The summed E-state index contributed by atoms with van der Waals surface area (Å²) in [5, 5.41) is 5.77. The first-order chi connectivity index (χ1) is 20.5. The van der Waals surface area contributed by atoms with Gasteiger partial charge in [-0.2, -0.15) is 4.98 Å². The van der Waals surface area contributed by atoms with Gasteiger partial charge in [0.1, 0.15) is 10.8 Å².